The zero-order valence-electron chi connectivity index (χ0n) is 15.2. The van der Waals surface area contributed by atoms with Crippen LogP contribution < -0.4 is 0 Å². The van der Waals surface area contributed by atoms with Crippen molar-refractivity contribution in [3.8, 4) is 0 Å². The molecule has 2 rings (SSSR count). The van der Waals surface area contributed by atoms with Gasteiger partial charge < -0.3 is 14.6 Å². The van der Waals surface area contributed by atoms with E-state index in [0.717, 1.165) is 25.7 Å². The number of aliphatic hydroxyl groups is 1. The number of unbranched alkanes of at least 4 members (excludes halogenated alkanes) is 2. The third kappa shape index (κ3) is 5.28. The number of ether oxygens (including phenoxy) is 2. The van der Waals surface area contributed by atoms with Gasteiger partial charge in [0.15, 0.2) is 11.6 Å². The smallest absolute Gasteiger partial charge is 0.195 e. The maximum absolute atomic E-state index is 12.7. The fourth-order valence-electron chi connectivity index (χ4n) is 2.66. The number of ketones is 1. The molecule has 0 spiro atoms. The quantitative estimate of drug-likeness (QED) is 0.302. The lowest BCUT2D eigenvalue weighted by Gasteiger charge is -2.33. The molecule has 0 atom stereocenters. The molecule has 1 aromatic carbocycles. The van der Waals surface area contributed by atoms with Crippen molar-refractivity contribution in [1.82, 2.24) is 0 Å². The van der Waals surface area contributed by atoms with Gasteiger partial charge in [0.1, 0.15) is 5.76 Å². The van der Waals surface area contributed by atoms with Gasteiger partial charge in [0.25, 0.3) is 0 Å². The van der Waals surface area contributed by atoms with Crippen LogP contribution in [0.5, 0.6) is 0 Å². The molecule has 0 bridgehead atoms. The van der Waals surface area contributed by atoms with Gasteiger partial charge in [-0.15, -0.1) is 0 Å². The van der Waals surface area contributed by atoms with Crippen LogP contribution in [-0.2, 0) is 14.3 Å². The van der Waals surface area contributed by atoms with Crippen molar-refractivity contribution in [2.45, 2.75) is 51.7 Å². The first-order chi connectivity index (χ1) is 12.1. The van der Waals surface area contributed by atoms with Crippen LogP contribution in [-0.4, -0.2) is 29.9 Å². The van der Waals surface area contributed by atoms with E-state index in [1.165, 1.54) is 0 Å². The second kappa shape index (κ2) is 9.54. The van der Waals surface area contributed by atoms with E-state index >= 15 is 0 Å². The van der Waals surface area contributed by atoms with Gasteiger partial charge in [-0.05, 0) is 25.0 Å². The van der Waals surface area contributed by atoms with Crippen LogP contribution >= 0.6 is 0 Å². The lowest BCUT2D eigenvalue weighted by Crippen LogP contribution is -2.40. The zero-order valence-corrected chi connectivity index (χ0v) is 15.2. The number of rotatable bonds is 9. The zero-order chi connectivity index (χ0) is 18.1. The van der Waals surface area contributed by atoms with Crippen LogP contribution in [0.3, 0.4) is 0 Å². The Hall–Kier alpha value is -1.91. The van der Waals surface area contributed by atoms with Gasteiger partial charge in [-0.3, -0.25) is 4.79 Å². The van der Waals surface area contributed by atoms with Crippen LogP contribution in [0.1, 0.15) is 51.5 Å². The highest BCUT2D eigenvalue weighted by molar-refractivity contribution is 6.05. The van der Waals surface area contributed by atoms with Gasteiger partial charge >= 0.3 is 0 Å². The number of benzene rings is 1. The Morgan fingerprint density at radius 1 is 1.08 bits per heavy atom. The minimum atomic E-state index is -1.01. The monoisotopic (exact) mass is 344 g/mol. The van der Waals surface area contributed by atoms with E-state index in [2.05, 4.69) is 13.8 Å². The summed E-state index contributed by atoms with van der Waals surface area (Å²) < 4.78 is 11.9. The average molecular weight is 344 g/mol. The van der Waals surface area contributed by atoms with Gasteiger partial charge in [-0.25, -0.2) is 0 Å². The number of carbonyl (C=O) groups excluding carboxylic acids is 1. The van der Waals surface area contributed by atoms with Crippen molar-refractivity contribution in [3.63, 3.8) is 0 Å². The van der Waals surface area contributed by atoms with Crippen molar-refractivity contribution in [1.29, 1.82) is 0 Å². The SMILES string of the molecule is CCCCOC1(OCCCC)C=CC(=C(O)c2ccccc2)C(=O)C1. The minimum absolute atomic E-state index is 0.00225. The van der Waals surface area contributed by atoms with Crippen molar-refractivity contribution in [2.75, 3.05) is 13.2 Å². The number of Topliss-reactive ketones (excluding diaryl/α,β-unsaturated/α-hetero) is 1. The third-order valence-corrected chi connectivity index (χ3v) is 4.20. The van der Waals surface area contributed by atoms with E-state index in [0.29, 0.717) is 24.4 Å². The summed E-state index contributed by atoms with van der Waals surface area (Å²) in [4.78, 5) is 12.7. The largest absolute Gasteiger partial charge is 0.507 e. The molecule has 0 radical (unpaired) electrons. The van der Waals surface area contributed by atoms with Crippen molar-refractivity contribution < 1.29 is 19.4 Å². The first-order valence-corrected chi connectivity index (χ1v) is 9.11. The number of hydrogen-bond donors (Lipinski definition) is 1. The Morgan fingerprint density at radius 2 is 1.68 bits per heavy atom. The van der Waals surface area contributed by atoms with Gasteiger partial charge in [0, 0.05) is 5.56 Å². The fourth-order valence-corrected chi connectivity index (χ4v) is 2.66. The predicted molar refractivity (Wildman–Crippen MR) is 99.2 cm³/mol. The molecule has 4 nitrogen and oxygen atoms in total. The number of carbonyl (C=O) groups is 1. The molecular weight excluding hydrogens is 316 g/mol. The Morgan fingerprint density at radius 3 is 2.20 bits per heavy atom. The second-order valence-electron chi connectivity index (χ2n) is 6.28. The van der Waals surface area contributed by atoms with Crippen LogP contribution in [0.25, 0.3) is 5.76 Å². The van der Waals surface area contributed by atoms with Crippen LogP contribution in [0.4, 0.5) is 0 Å². The summed E-state index contributed by atoms with van der Waals surface area (Å²) in [7, 11) is 0. The Kier molecular flexibility index (Phi) is 7.41. The molecule has 0 amide bonds. The van der Waals surface area contributed by atoms with Crippen molar-refractivity contribution >= 4 is 11.5 Å². The van der Waals surface area contributed by atoms with E-state index in [4.69, 9.17) is 9.47 Å². The molecule has 0 aliphatic heterocycles. The average Bonchev–Trinajstić information content (AvgIpc) is 2.63. The van der Waals surface area contributed by atoms with Gasteiger partial charge in [-0.2, -0.15) is 0 Å². The molecule has 1 aliphatic rings. The van der Waals surface area contributed by atoms with Crippen LogP contribution in [0.2, 0.25) is 0 Å². The minimum Gasteiger partial charge on any atom is -0.507 e. The summed E-state index contributed by atoms with van der Waals surface area (Å²) in [6.45, 7) is 5.27. The topological polar surface area (TPSA) is 55.8 Å². The summed E-state index contributed by atoms with van der Waals surface area (Å²) in [5, 5.41) is 10.4. The molecule has 1 aliphatic carbocycles. The Labute approximate surface area is 150 Å². The molecule has 1 aromatic rings. The lowest BCUT2D eigenvalue weighted by atomic mass is 9.92. The number of allylic oxidation sites excluding steroid dienone is 2. The molecule has 136 valence electrons. The molecule has 0 saturated carbocycles. The van der Waals surface area contributed by atoms with Crippen molar-refractivity contribution in [3.05, 3.63) is 53.6 Å². The third-order valence-electron chi connectivity index (χ3n) is 4.20. The van der Waals surface area contributed by atoms with Gasteiger partial charge in [-0.1, -0.05) is 57.0 Å². The first-order valence-electron chi connectivity index (χ1n) is 9.11. The summed E-state index contributed by atoms with van der Waals surface area (Å²) in [6, 6.07) is 9.08. The van der Waals surface area contributed by atoms with E-state index in [1.54, 1.807) is 24.3 Å². The molecule has 25 heavy (non-hydrogen) atoms. The summed E-state index contributed by atoms with van der Waals surface area (Å²) >= 11 is 0. The lowest BCUT2D eigenvalue weighted by molar-refractivity contribution is -0.208. The molecule has 0 heterocycles. The summed E-state index contributed by atoms with van der Waals surface area (Å²) in [6.07, 6.45) is 7.35. The molecule has 0 unspecified atom stereocenters. The molecule has 0 aromatic heterocycles. The van der Waals surface area contributed by atoms with E-state index in [-0.39, 0.29) is 18.0 Å². The second-order valence-corrected chi connectivity index (χ2v) is 6.28. The van der Waals surface area contributed by atoms with E-state index in [9.17, 15) is 9.90 Å². The van der Waals surface area contributed by atoms with E-state index < -0.39 is 5.79 Å². The normalized spacial score (nSPS) is 18.4. The van der Waals surface area contributed by atoms with Crippen LogP contribution in [0.15, 0.2) is 48.1 Å². The predicted octanol–water partition coefficient (Wildman–Crippen LogP) is 4.81. The maximum Gasteiger partial charge on any atom is 0.195 e. The van der Waals surface area contributed by atoms with Crippen LogP contribution in [0, 0.1) is 0 Å². The highest BCUT2D eigenvalue weighted by Gasteiger charge is 2.37. The standard InChI is InChI=1S/C21H28O4/c1-3-5-14-24-21(25-15-6-4-2)13-12-18(19(22)16-21)20(23)17-10-8-7-9-11-17/h7-13,23H,3-6,14-16H2,1-2H3. The van der Waals surface area contributed by atoms with Gasteiger partial charge in [0.2, 0.25) is 0 Å². The molecule has 4 heteroatoms. The van der Waals surface area contributed by atoms with Crippen molar-refractivity contribution in [2.24, 2.45) is 0 Å². The number of aliphatic hydroxyl groups excluding tert-OH is 1. The Balaban J connectivity index is 2.23. The highest BCUT2D eigenvalue weighted by atomic mass is 16.7. The fraction of sp³-hybridized carbons (Fsp3) is 0.476. The van der Waals surface area contributed by atoms with Gasteiger partial charge in [0.05, 0.1) is 25.2 Å². The summed E-state index contributed by atoms with van der Waals surface area (Å²) in [5.41, 5.74) is 0.932. The summed E-state index contributed by atoms with van der Waals surface area (Å²) in [5.74, 6) is -1.18. The molecule has 0 fully saturated rings. The molecule has 0 saturated heterocycles. The first kappa shape index (κ1) is 19.4. The molecular formula is C21H28O4. The van der Waals surface area contributed by atoms with E-state index in [1.807, 2.05) is 18.2 Å². The number of hydrogen-bond acceptors (Lipinski definition) is 4. The molecule has 1 N–H and O–H groups in total. The maximum atomic E-state index is 12.7. The highest BCUT2D eigenvalue weighted by Crippen LogP contribution is 2.31. The Bertz CT molecular complexity index is 606.